The average Bonchev–Trinajstić information content (AvgIpc) is 2.31. The lowest BCUT2D eigenvalue weighted by molar-refractivity contribution is -0.0521. The Morgan fingerprint density at radius 2 is 1.95 bits per heavy atom. The summed E-state index contributed by atoms with van der Waals surface area (Å²) in [6.07, 6.45) is 0.709. The third-order valence-electron chi connectivity index (χ3n) is 2.91. The third kappa shape index (κ3) is 5.28. The first-order chi connectivity index (χ1) is 9.23. The van der Waals surface area contributed by atoms with Crippen LogP contribution < -0.4 is 10.1 Å². The highest BCUT2D eigenvalue weighted by Crippen LogP contribution is 2.24. The number of benzene rings is 1. The van der Waals surface area contributed by atoms with Crippen molar-refractivity contribution >= 4 is 5.69 Å². The van der Waals surface area contributed by atoms with Gasteiger partial charge < -0.3 is 14.8 Å². The summed E-state index contributed by atoms with van der Waals surface area (Å²) in [7, 11) is 1.63. The fourth-order valence-corrected chi connectivity index (χ4v) is 1.94. The molecule has 0 aliphatic rings. The van der Waals surface area contributed by atoms with Crippen molar-refractivity contribution in [3.05, 3.63) is 24.0 Å². The van der Waals surface area contributed by atoms with Gasteiger partial charge in [0.15, 0.2) is 11.6 Å². The molecule has 3 nitrogen and oxygen atoms in total. The van der Waals surface area contributed by atoms with Gasteiger partial charge in [-0.2, -0.15) is 8.78 Å². The molecular weight excluding hydrogens is 271 g/mol. The summed E-state index contributed by atoms with van der Waals surface area (Å²) in [4.78, 5) is 0. The van der Waals surface area contributed by atoms with E-state index in [0.29, 0.717) is 12.1 Å². The van der Waals surface area contributed by atoms with Gasteiger partial charge in [-0.3, -0.25) is 0 Å². The standard InChI is InChI=1S/C14H20F3NO2/c1-9(8-14(2,3)19-4)18-10-5-6-12(11(15)7-10)20-13(16)17/h5-7,9,13,18H,8H2,1-4H3. The van der Waals surface area contributed by atoms with Crippen molar-refractivity contribution in [2.45, 2.75) is 45.4 Å². The molecule has 0 bridgehead atoms. The predicted octanol–water partition coefficient (Wildman–Crippen LogP) is 4.04. The van der Waals surface area contributed by atoms with E-state index in [-0.39, 0.29) is 11.6 Å². The second-order valence-corrected chi connectivity index (χ2v) is 5.24. The molecule has 1 aromatic carbocycles. The first kappa shape index (κ1) is 16.6. The lowest BCUT2D eigenvalue weighted by Crippen LogP contribution is -2.31. The molecule has 0 amide bonds. The SMILES string of the molecule is COC(C)(C)CC(C)Nc1ccc(OC(F)F)c(F)c1. The van der Waals surface area contributed by atoms with E-state index in [4.69, 9.17) is 4.74 Å². The molecule has 0 aliphatic heterocycles. The number of rotatable bonds is 7. The molecule has 0 saturated carbocycles. The van der Waals surface area contributed by atoms with Crippen LogP contribution in [0.25, 0.3) is 0 Å². The molecule has 0 heterocycles. The number of hydrogen-bond donors (Lipinski definition) is 1. The lowest BCUT2D eigenvalue weighted by Gasteiger charge is -2.27. The van der Waals surface area contributed by atoms with Crippen LogP contribution in [0.3, 0.4) is 0 Å². The third-order valence-corrected chi connectivity index (χ3v) is 2.91. The van der Waals surface area contributed by atoms with Gasteiger partial charge in [0.25, 0.3) is 0 Å². The largest absolute Gasteiger partial charge is 0.432 e. The molecule has 1 rings (SSSR count). The monoisotopic (exact) mass is 291 g/mol. The van der Waals surface area contributed by atoms with Gasteiger partial charge in [-0.25, -0.2) is 4.39 Å². The maximum absolute atomic E-state index is 13.5. The molecule has 6 heteroatoms. The summed E-state index contributed by atoms with van der Waals surface area (Å²) in [5, 5.41) is 3.09. The van der Waals surface area contributed by atoms with Crippen molar-refractivity contribution < 1.29 is 22.6 Å². The Kier molecular flexibility index (Phi) is 5.68. The zero-order chi connectivity index (χ0) is 15.3. The summed E-state index contributed by atoms with van der Waals surface area (Å²) in [6, 6.07) is 3.84. The van der Waals surface area contributed by atoms with Gasteiger partial charge in [0.05, 0.1) is 5.60 Å². The second-order valence-electron chi connectivity index (χ2n) is 5.24. The molecular formula is C14H20F3NO2. The fourth-order valence-electron chi connectivity index (χ4n) is 1.94. The number of hydrogen-bond acceptors (Lipinski definition) is 3. The molecule has 0 saturated heterocycles. The second kappa shape index (κ2) is 6.83. The molecule has 1 N–H and O–H groups in total. The highest BCUT2D eigenvalue weighted by molar-refractivity contribution is 5.47. The molecule has 1 atom stereocenters. The summed E-state index contributed by atoms with van der Waals surface area (Å²) in [6.45, 7) is 2.79. The van der Waals surface area contributed by atoms with Gasteiger partial charge in [-0.05, 0) is 39.3 Å². The molecule has 20 heavy (non-hydrogen) atoms. The normalized spacial score (nSPS) is 13.4. The summed E-state index contributed by atoms with van der Waals surface area (Å²) < 4.78 is 46.9. The lowest BCUT2D eigenvalue weighted by atomic mass is 10.00. The van der Waals surface area contributed by atoms with E-state index in [1.807, 2.05) is 20.8 Å². The van der Waals surface area contributed by atoms with Crippen LogP contribution in [0.5, 0.6) is 5.75 Å². The predicted molar refractivity (Wildman–Crippen MR) is 71.8 cm³/mol. The number of methoxy groups -OCH3 is 1. The first-order valence-corrected chi connectivity index (χ1v) is 6.29. The highest BCUT2D eigenvalue weighted by Gasteiger charge is 2.20. The van der Waals surface area contributed by atoms with Crippen LogP contribution in [0.1, 0.15) is 27.2 Å². The maximum Gasteiger partial charge on any atom is 0.387 e. The molecule has 0 aromatic heterocycles. The van der Waals surface area contributed by atoms with E-state index < -0.39 is 18.2 Å². The first-order valence-electron chi connectivity index (χ1n) is 6.29. The van der Waals surface area contributed by atoms with Gasteiger partial charge in [0.2, 0.25) is 0 Å². The number of ether oxygens (including phenoxy) is 2. The van der Waals surface area contributed by atoms with E-state index in [1.165, 1.54) is 12.1 Å². The Labute approximate surface area is 117 Å². The van der Waals surface area contributed by atoms with Gasteiger partial charge in [-0.1, -0.05) is 0 Å². The zero-order valence-electron chi connectivity index (χ0n) is 12.0. The summed E-state index contributed by atoms with van der Waals surface area (Å²) in [5.74, 6) is -1.29. The van der Waals surface area contributed by atoms with Crippen molar-refractivity contribution in [2.24, 2.45) is 0 Å². The summed E-state index contributed by atoms with van der Waals surface area (Å²) in [5.41, 5.74) is 0.201. The Morgan fingerprint density at radius 3 is 2.45 bits per heavy atom. The van der Waals surface area contributed by atoms with Gasteiger partial charge in [0, 0.05) is 24.9 Å². The molecule has 0 fully saturated rings. The minimum absolute atomic E-state index is 0.0335. The average molecular weight is 291 g/mol. The molecule has 0 radical (unpaired) electrons. The molecule has 0 aliphatic carbocycles. The minimum Gasteiger partial charge on any atom is -0.432 e. The number of anilines is 1. The van der Waals surface area contributed by atoms with E-state index in [2.05, 4.69) is 10.1 Å². The summed E-state index contributed by atoms with van der Waals surface area (Å²) >= 11 is 0. The smallest absolute Gasteiger partial charge is 0.387 e. The topological polar surface area (TPSA) is 30.5 Å². The van der Waals surface area contributed by atoms with E-state index in [0.717, 1.165) is 6.07 Å². The molecule has 0 spiro atoms. The Morgan fingerprint density at radius 1 is 1.30 bits per heavy atom. The van der Waals surface area contributed by atoms with E-state index >= 15 is 0 Å². The maximum atomic E-state index is 13.5. The van der Waals surface area contributed by atoms with Crippen molar-refractivity contribution in [1.29, 1.82) is 0 Å². The zero-order valence-corrected chi connectivity index (χ0v) is 12.0. The Balaban J connectivity index is 2.67. The fraction of sp³-hybridized carbons (Fsp3) is 0.571. The van der Waals surface area contributed by atoms with Crippen molar-refractivity contribution in [3.63, 3.8) is 0 Å². The van der Waals surface area contributed by atoms with Gasteiger partial charge in [0.1, 0.15) is 0 Å². The Hall–Kier alpha value is -1.43. The van der Waals surface area contributed by atoms with E-state index in [9.17, 15) is 13.2 Å². The molecule has 1 unspecified atom stereocenters. The quantitative estimate of drug-likeness (QED) is 0.822. The van der Waals surface area contributed by atoms with Crippen LogP contribution in [-0.2, 0) is 4.74 Å². The van der Waals surface area contributed by atoms with Crippen LogP contribution in [0.2, 0.25) is 0 Å². The van der Waals surface area contributed by atoms with E-state index in [1.54, 1.807) is 7.11 Å². The van der Waals surface area contributed by atoms with Crippen LogP contribution in [-0.4, -0.2) is 25.4 Å². The van der Waals surface area contributed by atoms with Crippen molar-refractivity contribution in [3.8, 4) is 5.75 Å². The minimum atomic E-state index is -3.04. The van der Waals surface area contributed by atoms with Gasteiger partial charge >= 0.3 is 6.61 Å². The van der Waals surface area contributed by atoms with Crippen molar-refractivity contribution in [2.75, 3.05) is 12.4 Å². The molecule has 1 aromatic rings. The van der Waals surface area contributed by atoms with Crippen LogP contribution in [0.15, 0.2) is 18.2 Å². The van der Waals surface area contributed by atoms with Gasteiger partial charge in [-0.15, -0.1) is 0 Å². The highest BCUT2D eigenvalue weighted by atomic mass is 19.3. The Bertz CT molecular complexity index is 438. The number of halogens is 3. The van der Waals surface area contributed by atoms with Crippen LogP contribution in [0, 0.1) is 5.82 Å². The van der Waals surface area contributed by atoms with Crippen LogP contribution in [0.4, 0.5) is 18.9 Å². The molecule has 114 valence electrons. The van der Waals surface area contributed by atoms with Crippen molar-refractivity contribution in [1.82, 2.24) is 0 Å². The number of nitrogens with one attached hydrogen (secondary N) is 1. The van der Waals surface area contributed by atoms with Crippen LogP contribution >= 0.6 is 0 Å². The number of alkyl halides is 2.